The highest BCUT2D eigenvalue weighted by atomic mass is 32.2. The molecule has 0 radical (unpaired) electrons. The summed E-state index contributed by atoms with van der Waals surface area (Å²) < 4.78 is 110. The number of benzene rings is 4. The van der Waals surface area contributed by atoms with E-state index in [1.807, 2.05) is 60.7 Å². The van der Waals surface area contributed by atoms with Gasteiger partial charge in [-0.25, -0.2) is 14.8 Å². The molecule has 6 aliphatic rings. The molecule has 2 aliphatic heterocycles. The topological polar surface area (TPSA) is 259 Å². The van der Waals surface area contributed by atoms with Crippen molar-refractivity contribution in [3.05, 3.63) is 156 Å². The van der Waals surface area contributed by atoms with Crippen molar-refractivity contribution in [2.75, 3.05) is 5.32 Å². The molecule has 7 aromatic rings. The van der Waals surface area contributed by atoms with Crippen LogP contribution in [0.4, 0.5) is 10.5 Å². The molecule has 4 aromatic carbocycles. The number of nitrogens with zero attached hydrogens (tertiary/aromatic N) is 2. The molecule has 3 fully saturated rings. The number of aromatic amines is 2. The fraction of sp³-hybridized carbons (Fsp3) is 0.347. The van der Waals surface area contributed by atoms with Crippen molar-refractivity contribution >= 4 is 88.5 Å². The first-order valence-electron chi connectivity index (χ1n) is 31.5. The number of aromatic nitrogens is 4. The zero-order valence-corrected chi connectivity index (χ0v) is 53.9. The van der Waals surface area contributed by atoms with E-state index in [0.717, 1.165) is 49.4 Å². The highest BCUT2D eigenvalue weighted by molar-refractivity contribution is 7.86. The molecule has 0 spiro atoms. The third-order valence-corrected chi connectivity index (χ3v) is 23.6. The summed E-state index contributed by atoms with van der Waals surface area (Å²) in [5.74, 6) is 4.45. The molecule has 6 N–H and O–H groups in total. The molecule has 4 aliphatic carbocycles. The van der Waals surface area contributed by atoms with Gasteiger partial charge in [0.15, 0.2) is 0 Å². The minimum absolute atomic E-state index is 0.107. The van der Waals surface area contributed by atoms with Crippen LogP contribution in [0.25, 0.3) is 90.9 Å². The molecule has 5 unspecified atom stereocenters. The number of allylic oxidation sites excluding steroid dienone is 1. The molecule has 472 valence electrons. The van der Waals surface area contributed by atoms with E-state index in [1.54, 1.807) is 48.6 Å². The maximum absolute atomic E-state index is 13.9. The lowest BCUT2D eigenvalue weighted by atomic mass is 9.47. The van der Waals surface area contributed by atoms with Crippen LogP contribution in [-0.4, -0.2) is 71.0 Å². The molecule has 5 heterocycles. The lowest BCUT2D eigenvalue weighted by Gasteiger charge is -2.58. The van der Waals surface area contributed by atoms with Crippen molar-refractivity contribution in [2.24, 2.45) is 46.3 Å². The maximum Gasteiger partial charge on any atom is 0.411 e. The monoisotopic (exact) mass is 1280 g/mol. The zero-order chi connectivity index (χ0) is 63.9. The number of H-pyrrole nitrogens is 2. The van der Waals surface area contributed by atoms with Gasteiger partial charge in [-0.1, -0.05) is 114 Å². The number of fused-ring (bicyclic) bond motifs is 13. The average molecular weight is 1280 g/mol. The predicted molar refractivity (Wildman–Crippen MR) is 357 cm³/mol. The first-order valence-corrected chi connectivity index (χ1v) is 35.8. The van der Waals surface area contributed by atoms with Crippen molar-refractivity contribution < 1.29 is 48.4 Å². The Labute approximate surface area is 531 Å². The molecule has 16 nitrogen and oxygen atoms in total. The number of hydrogen-bond acceptors (Lipinski definition) is 10. The maximum atomic E-state index is 13.9. The smallest absolute Gasteiger partial charge is 0.411 e. The number of anilines is 1. The van der Waals surface area contributed by atoms with Gasteiger partial charge in [-0.15, -0.1) is 0 Å². The van der Waals surface area contributed by atoms with Crippen LogP contribution in [0.5, 0.6) is 0 Å². The molecular formula is C72H75N5O11S3. The predicted octanol–water partition coefficient (Wildman–Crippen LogP) is 17.0. The Morgan fingerprint density at radius 1 is 0.560 bits per heavy atom. The van der Waals surface area contributed by atoms with Gasteiger partial charge < -0.3 is 14.7 Å². The van der Waals surface area contributed by atoms with E-state index in [-0.39, 0.29) is 26.2 Å². The first-order chi connectivity index (χ1) is 43.3. The number of hydrogen-bond donors (Lipinski definition) is 6. The Morgan fingerprint density at radius 2 is 0.989 bits per heavy atom. The molecule has 0 saturated heterocycles. The van der Waals surface area contributed by atoms with Crippen molar-refractivity contribution in [3.63, 3.8) is 0 Å². The van der Waals surface area contributed by atoms with Crippen molar-refractivity contribution in [2.45, 2.75) is 126 Å². The van der Waals surface area contributed by atoms with Crippen LogP contribution in [0.1, 0.15) is 128 Å². The van der Waals surface area contributed by atoms with Crippen molar-refractivity contribution in [1.82, 2.24) is 19.9 Å². The molecule has 19 heteroatoms. The quantitative estimate of drug-likeness (QED) is 0.0438. The van der Waals surface area contributed by atoms with Gasteiger partial charge in [0.25, 0.3) is 30.4 Å². The Balaban J connectivity index is 0.854. The second kappa shape index (κ2) is 23.7. The van der Waals surface area contributed by atoms with E-state index in [1.165, 1.54) is 86.9 Å². The van der Waals surface area contributed by atoms with E-state index in [2.05, 4.69) is 56.0 Å². The van der Waals surface area contributed by atoms with Gasteiger partial charge in [0.2, 0.25) is 0 Å². The normalized spacial score (nSPS) is 23.3. The number of carbonyl (C=O) groups excluding carboxylic acids is 1. The summed E-state index contributed by atoms with van der Waals surface area (Å²) in [6.45, 7) is 12.3. The van der Waals surface area contributed by atoms with Gasteiger partial charge >= 0.3 is 6.09 Å². The molecular weight excluding hydrogens is 1210 g/mol. The largest absolute Gasteiger partial charge is 0.446 e. The summed E-state index contributed by atoms with van der Waals surface area (Å²) in [6.07, 6.45) is 22.0. The highest BCUT2D eigenvalue weighted by Crippen LogP contribution is 2.67. The van der Waals surface area contributed by atoms with Gasteiger partial charge in [-0.05, 0) is 211 Å². The van der Waals surface area contributed by atoms with Gasteiger partial charge in [-0.2, -0.15) is 25.3 Å². The first kappa shape index (κ1) is 62.0. The molecule has 8 atom stereocenters. The second-order valence-electron chi connectivity index (χ2n) is 26.8. The third kappa shape index (κ3) is 12.0. The summed E-state index contributed by atoms with van der Waals surface area (Å²) in [7, 11) is -13.6. The van der Waals surface area contributed by atoms with E-state index in [9.17, 15) is 43.7 Å². The van der Waals surface area contributed by atoms with Crippen LogP contribution in [0.15, 0.2) is 148 Å². The van der Waals surface area contributed by atoms with Gasteiger partial charge in [0, 0.05) is 56.4 Å². The van der Waals surface area contributed by atoms with E-state index in [4.69, 9.17) is 14.7 Å². The van der Waals surface area contributed by atoms with Crippen LogP contribution in [0, 0.1) is 46.3 Å². The van der Waals surface area contributed by atoms with E-state index < -0.39 is 36.4 Å². The molecule has 3 saturated carbocycles. The van der Waals surface area contributed by atoms with E-state index in [0.29, 0.717) is 112 Å². The number of amides is 1. The highest BCUT2D eigenvalue weighted by Gasteiger charge is 2.59. The second-order valence-corrected chi connectivity index (χ2v) is 31.0. The number of carbonyl (C=O) groups is 1. The summed E-state index contributed by atoms with van der Waals surface area (Å²) >= 11 is 0. The number of rotatable bonds is 14. The summed E-state index contributed by atoms with van der Waals surface area (Å²) in [5, 5.41) is 3.01. The van der Waals surface area contributed by atoms with Gasteiger partial charge in [0.05, 0.1) is 37.5 Å². The van der Waals surface area contributed by atoms with E-state index >= 15 is 0 Å². The van der Waals surface area contributed by atoms with Crippen LogP contribution in [0.2, 0.25) is 0 Å². The van der Waals surface area contributed by atoms with Crippen LogP contribution < -0.4 is 5.32 Å². The Bertz CT molecular complexity index is 4600. The molecule has 3 aromatic heterocycles. The van der Waals surface area contributed by atoms with Crippen LogP contribution >= 0.6 is 0 Å². The molecule has 8 bridgehead atoms. The van der Waals surface area contributed by atoms with Crippen molar-refractivity contribution in [1.29, 1.82) is 0 Å². The van der Waals surface area contributed by atoms with Gasteiger partial charge in [-0.3, -0.25) is 19.0 Å². The number of ether oxygens (including phenoxy) is 1. The molecule has 1 amide bonds. The van der Waals surface area contributed by atoms with Crippen LogP contribution in [0.3, 0.4) is 0 Å². The summed E-state index contributed by atoms with van der Waals surface area (Å²) in [6, 6.07) is 32.0. The average Bonchev–Trinajstić information content (AvgIpc) is 1.71. The third-order valence-electron chi connectivity index (χ3n) is 21.0. The Kier molecular flexibility index (Phi) is 16.2. The fourth-order valence-corrected chi connectivity index (χ4v) is 18.0. The molecule has 91 heavy (non-hydrogen) atoms. The van der Waals surface area contributed by atoms with Crippen molar-refractivity contribution in [3.8, 4) is 44.5 Å². The van der Waals surface area contributed by atoms with Gasteiger partial charge in [0.1, 0.15) is 6.10 Å². The summed E-state index contributed by atoms with van der Waals surface area (Å²) in [4.78, 5) is 30.6. The van der Waals surface area contributed by atoms with Crippen LogP contribution in [-0.2, 0) is 35.1 Å². The minimum Gasteiger partial charge on any atom is -0.446 e. The lowest BCUT2D eigenvalue weighted by Crippen LogP contribution is -2.51. The zero-order valence-electron chi connectivity index (χ0n) is 51.5. The summed E-state index contributed by atoms with van der Waals surface area (Å²) in [5.41, 5.74) is 11.3. The Hall–Kier alpha value is -7.78. The Morgan fingerprint density at radius 3 is 1.41 bits per heavy atom. The fourth-order valence-electron chi connectivity index (χ4n) is 16.6. The number of nitrogens with one attached hydrogen (secondary N) is 3. The molecule has 13 rings (SSSR count). The SMILES string of the molecule is CC(C)CCC[C@@H](C)C1CCC2C3CC=C4CC(OC(=O)Nc5ccc(-c6c7nc(c(-c8ccc(S(=O)(=O)O)cc8)c8ccc([nH]8)c(-c8ccc(S(=O)(=O)O)cc8)c8nc(c(-c9ccc(S(=O)(=O)O)cc9)c9ccc6[nH]9)C=C8)C=C7)cc5)CC[C@]4(C)C3CC[C@@]21C. The standard InChI is InChI=1S/C72H75N5O11S3/c1-42(2)7-6-8-43(3)55-27-28-56-54-26-17-48-41-50(37-39-71(48,4)57(54)38-40-72(55,56)5)88-70(78)73-49-18-9-44(10-19-49)66-58-29-31-60(74-58)67(45-11-20-51(21-12-45)89(79,80)81)62-33-35-64(76-62)69(47-15-24-53(25-16-47)91(85,86)87)65-36-34-63(77-65)68(61-32-30-59(66)75-61)46-13-22-52(23-14-46)90(82,83)84/h9-25,29-36,42-43,50,54-57,74,77H,6-8,26-28,37-41H2,1-5H3,(H,73,78)(H,79,80,81)(H,82,83,84)(H,85,86,87)/t43-,50?,54?,55?,56?,57?,71+,72-/m1/s1. The minimum atomic E-state index is -4.55. The lowest BCUT2D eigenvalue weighted by molar-refractivity contribution is -0.0577.